The number of aromatic nitrogens is 4. The van der Waals surface area contributed by atoms with Crippen molar-refractivity contribution in [2.45, 2.75) is 13.0 Å². The third-order valence-electron chi connectivity index (χ3n) is 4.82. The summed E-state index contributed by atoms with van der Waals surface area (Å²) in [6.45, 7) is 4.50. The summed E-state index contributed by atoms with van der Waals surface area (Å²) in [6, 6.07) is 7.58. The lowest BCUT2D eigenvalue weighted by molar-refractivity contribution is 0.0952. The van der Waals surface area contributed by atoms with Crippen LogP contribution in [0.3, 0.4) is 0 Å². The van der Waals surface area contributed by atoms with E-state index >= 15 is 0 Å². The van der Waals surface area contributed by atoms with Crippen molar-refractivity contribution in [3.63, 3.8) is 0 Å². The number of hydrogen-bond donors (Lipinski definition) is 1. The first-order valence-corrected chi connectivity index (χ1v) is 9.27. The van der Waals surface area contributed by atoms with Crippen LogP contribution < -0.4 is 10.2 Å². The van der Waals surface area contributed by atoms with Gasteiger partial charge in [-0.25, -0.2) is 4.98 Å². The van der Waals surface area contributed by atoms with Crippen LogP contribution in [-0.4, -0.2) is 58.1 Å². The molecule has 1 fully saturated rings. The number of imidazole rings is 1. The zero-order valence-electron chi connectivity index (χ0n) is 15.5. The van der Waals surface area contributed by atoms with E-state index in [0.717, 1.165) is 56.3 Å². The van der Waals surface area contributed by atoms with E-state index < -0.39 is 0 Å². The maximum atomic E-state index is 12.4. The Bertz CT molecular complexity index is 912. The van der Waals surface area contributed by atoms with E-state index in [-0.39, 0.29) is 5.91 Å². The van der Waals surface area contributed by atoms with Crippen molar-refractivity contribution in [2.24, 2.45) is 7.05 Å². The van der Waals surface area contributed by atoms with Crippen LogP contribution in [0.15, 0.2) is 36.7 Å². The fourth-order valence-corrected chi connectivity index (χ4v) is 3.35. The first kappa shape index (κ1) is 17.5. The highest BCUT2D eigenvalue weighted by molar-refractivity contribution is 5.97. The van der Waals surface area contributed by atoms with Crippen molar-refractivity contribution in [3.05, 3.63) is 42.2 Å². The van der Waals surface area contributed by atoms with Crippen LogP contribution >= 0.6 is 0 Å². The molecule has 27 heavy (non-hydrogen) atoms. The Morgan fingerprint density at radius 3 is 2.93 bits per heavy atom. The minimum Gasteiger partial charge on any atom is -0.378 e. The molecule has 0 atom stereocenters. The molecule has 8 nitrogen and oxygen atoms in total. The number of amides is 1. The molecule has 3 aromatic rings. The predicted molar refractivity (Wildman–Crippen MR) is 103 cm³/mol. The van der Waals surface area contributed by atoms with Crippen LogP contribution in [0.5, 0.6) is 0 Å². The second-order valence-corrected chi connectivity index (χ2v) is 6.65. The third kappa shape index (κ3) is 3.80. The summed E-state index contributed by atoms with van der Waals surface area (Å²) >= 11 is 0. The van der Waals surface area contributed by atoms with Gasteiger partial charge in [-0.1, -0.05) is 0 Å². The number of anilines is 1. The van der Waals surface area contributed by atoms with Gasteiger partial charge in [0.15, 0.2) is 0 Å². The van der Waals surface area contributed by atoms with Gasteiger partial charge in [0.1, 0.15) is 0 Å². The Labute approximate surface area is 157 Å². The fourth-order valence-electron chi connectivity index (χ4n) is 3.35. The van der Waals surface area contributed by atoms with E-state index in [0.29, 0.717) is 12.1 Å². The van der Waals surface area contributed by atoms with Gasteiger partial charge in [0.2, 0.25) is 5.95 Å². The lowest BCUT2D eigenvalue weighted by atomic mass is 10.2. The highest BCUT2D eigenvalue weighted by Gasteiger charge is 2.18. The molecule has 1 amide bonds. The number of carbonyl (C=O) groups is 1. The molecule has 1 aromatic carbocycles. The molecule has 0 spiro atoms. The van der Waals surface area contributed by atoms with Gasteiger partial charge in [0.25, 0.3) is 5.91 Å². The molecule has 0 unspecified atom stereocenters. The maximum absolute atomic E-state index is 12.4. The number of nitrogens with one attached hydrogen (secondary N) is 1. The normalized spacial score (nSPS) is 14.6. The number of aryl methyl sites for hydroxylation is 2. The van der Waals surface area contributed by atoms with Crippen molar-refractivity contribution in [3.8, 4) is 0 Å². The van der Waals surface area contributed by atoms with Crippen molar-refractivity contribution >= 4 is 22.9 Å². The van der Waals surface area contributed by atoms with Gasteiger partial charge >= 0.3 is 0 Å². The van der Waals surface area contributed by atoms with E-state index in [9.17, 15) is 4.79 Å². The van der Waals surface area contributed by atoms with Crippen LogP contribution in [0.2, 0.25) is 0 Å². The highest BCUT2D eigenvalue weighted by Crippen LogP contribution is 2.23. The van der Waals surface area contributed by atoms with E-state index in [4.69, 9.17) is 9.72 Å². The minimum absolute atomic E-state index is 0.0732. The average Bonchev–Trinajstić information content (AvgIpc) is 3.33. The number of rotatable bonds is 6. The molecule has 4 rings (SSSR count). The van der Waals surface area contributed by atoms with E-state index in [2.05, 4.69) is 19.9 Å². The predicted octanol–water partition coefficient (Wildman–Crippen LogP) is 1.43. The molecular weight excluding hydrogens is 344 g/mol. The topological polar surface area (TPSA) is 77.2 Å². The van der Waals surface area contributed by atoms with Crippen LogP contribution in [-0.2, 0) is 18.3 Å². The number of fused-ring (bicyclic) bond motifs is 1. The number of carbonyl (C=O) groups excluding carboxylic acids is 1. The summed E-state index contributed by atoms with van der Waals surface area (Å²) < 4.78 is 9.36. The molecule has 1 aliphatic rings. The van der Waals surface area contributed by atoms with Crippen molar-refractivity contribution in [2.75, 3.05) is 37.7 Å². The summed E-state index contributed by atoms with van der Waals surface area (Å²) in [5.74, 6) is 0.848. The lowest BCUT2D eigenvalue weighted by Gasteiger charge is -2.27. The van der Waals surface area contributed by atoms with Crippen LogP contribution in [0.25, 0.3) is 11.0 Å². The molecular formula is C19H24N6O2. The van der Waals surface area contributed by atoms with Crippen LogP contribution in [0.4, 0.5) is 5.95 Å². The molecule has 2 aromatic heterocycles. The molecule has 1 saturated heterocycles. The molecule has 3 heterocycles. The lowest BCUT2D eigenvalue weighted by Crippen LogP contribution is -2.37. The standard InChI is InChI=1S/C19H24N6O2/c1-23-17-5-4-15(18(26)20-6-2-8-25-9-3-7-21-25)14-16(17)22-19(23)24-10-12-27-13-11-24/h3-5,7,9,14H,2,6,8,10-13H2,1H3,(H,20,26). The molecule has 0 aliphatic carbocycles. The monoisotopic (exact) mass is 368 g/mol. The van der Waals surface area contributed by atoms with Crippen molar-refractivity contribution < 1.29 is 9.53 Å². The summed E-state index contributed by atoms with van der Waals surface area (Å²) in [5, 5.41) is 7.13. The van der Waals surface area contributed by atoms with Crippen molar-refractivity contribution in [1.29, 1.82) is 0 Å². The Hall–Kier alpha value is -2.87. The minimum atomic E-state index is -0.0732. The molecule has 1 aliphatic heterocycles. The summed E-state index contributed by atoms with van der Waals surface area (Å²) in [7, 11) is 2.01. The Kier molecular flexibility index (Phi) is 5.06. The molecule has 0 bridgehead atoms. The molecule has 0 radical (unpaired) electrons. The molecule has 142 valence electrons. The molecule has 0 saturated carbocycles. The Morgan fingerprint density at radius 1 is 1.30 bits per heavy atom. The van der Waals surface area contributed by atoms with Crippen molar-refractivity contribution in [1.82, 2.24) is 24.6 Å². The number of benzene rings is 1. The highest BCUT2D eigenvalue weighted by atomic mass is 16.5. The van der Waals surface area contributed by atoms with Gasteiger partial charge in [-0.2, -0.15) is 5.10 Å². The smallest absolute Gasteiger partial charge is 0.251 e. The SMILES string of the molecule is Cn1c(N2CCOCC2)nc2cc(C(=O)NCCCn3cccn3)ccc21. The second kappa shape index (κ2) is 7.79. The van der Waals surface area contributed by atoms with Gasteiger partial charge in [-0.3, -0.25) is 9.48 Å². The third-order valence-corrected chi connectivity index (χ3v) is 4.82. The van der Waals surface area contributed by atoms with E-state index in [1.807, 2.05) is 42.2 Å². The van der Waals surface area contributed by atoms with Crippen LogP contribution in [0, 0.1) is 0 Å². The van der Waals surface area contributed by atoms with Gasteiger partial charge in [0, 0.05) is 51.2 Å². The molecule has 1 N–H and O–H groups in total. The van der Waals surface area contributed by atoms with Gasteiger partial charge in [0.05, 0.1) is 24.2 Å². The van der Waals surface area contributed by atoms with E-state index in [1.54, 1.807) is 6.20 Å². The molecule has 8 heteroatoms. The largest absolute Gasteiger partial charge is 0.378 e. The maximum Gasteiger partial charge on any atom is 0.251 e. The van der Waals surface area contributed by atoms with Gasteiger partial charge < -0.3 is 19.5 Å². The number of morpholine rings is 1. The first-order valence-electron chi connectivity index (χ1n) is 9.27. The van der Waals surface area contributed by atoms with Crippen LogP contribution in [0.1, 0.15) is 16.8 Å². The fraction of sp³-hybridized carbons (Fsp3) is 0.421. The summed E-state index contributed by atoms with van der Waals surface area (Å²) in [4.78, 5) is 19.4. The van der Waals surface area contributed by atoms with E-state index in [1.165, 1.54) is 0 Å². The Balaban J connectivity index is 1.42. The number of nitrogens with zero attached hydrogens (tertiary/aromatic N) is 5. The summed E-state index contributed by atoms with van der Waals surface area (Å²) in [5.41, 5.74) is 2.49. The van der Waals surface area contributed by atoms with Gasteiger partial charge in [-0.05, 0) is 30.7 Å². The Morgan fingerprint density at radius 2 is 2.15 bits per heavy atom. The van der Waals surface area contributed by atoms with Gasteiger partial charge in [-0.15, -0.1) is 0 Å². The average molecular weight is 368 g/mol. The zero-order chi connectivity index (χ0) is 18.6. The zero-order valence-corrected chi connectivity index (χ0v) is 15.5. The first-order chi connectivity index (χ1) is 13.2. The second-order valence-electron chi connectivity index (χ2n) is 6.65. The number of ether oxygens (including phenoxy) is 1. The summed E-state index contributed by atoms with van der Waals surface area (Å²) in [6.07, 6.45) is 4.51. The quantitative estimate of drug-likeness (QED) is 0.666. The number of hydrogen-bond acceptors (Lipinski definition) is 5.